The van der Waals surface area contributed by atoms with Gasteiger partial charge in [0.25, 0.3) is 0 Å². The summed E-state index contributed by atoms with van der Waals surface area (Å²) in [6.07, 6.45) is 0. The molecule has 0 amide bonds. The molecule has 0 unspecified atom stereocenters. The summed E-state index contributed by atoms with van der Waals surface area (Å²) in [6.45, 7) is 0. The second kappa shape index (κ2) is 4.13. The molecule has 0 radical (unpaired) electrons. The minimum atomic E-state index is -11.1. The van der Waals surface area contributed by atoms with Crippen LogP contribution in [0.5, 0.6) is 0 Å². The molecule has 0 aromatic heterocycles. The maximum atomic E-state index is 10.2. The predicted molar refractivity (Wildman–Crippen MR) is 50.2 cm³/mol. The third-order valence-corrected chi connectivity index (χ3v) is 1.19. The molecule has 0 saturated heterocycles. The quantitative estimate of drug-likeness (QED) is 0.253. The van der Waals surface area contributed by atoms with E-state index in [1.165, 1.54) is 18.2 Å². The van der Waals surface area contributed by atoms with E-state index in [4.69, 9.17) is 5.39 Å². The normalized spacial score (nSPS) is 14.3. The number of diazo groups is 1. The molecule has 1 aromatic rings. The van der Waals surface area contributed by atoms with Gasteiger partial charge in [-0.1, -0.05) is 12.1 Å². The average Bonchev–Trinajstić information content (AvgIpc) is 2.12. The van der Waals surface area contributed by atoms with Crippen LogP contribution in [0.4, 0.5) is 32.2 Å². The van der Waals surface area contributed by atoms with Crippen LogP contribution in [0.3, 0.4) is 0 Å². The van der Waals surface area contributed by atoms with E-state index in [9.17, 15) is 30.9 Å². The van der Waals surface area contributed by atoms with Crippen molar-refractivity contribution < 1.29 is 25.7 Å². The molecule has 0 heterocycles. The molecule has 0 atom stereocenters. The summed E-state index contributed by atoms with van der Waals surface area (Å²) in [5.74, 6) is 0. The number of nitrogens with zero attached hydrogens (tertiary/aromatic N) is 3. The van der Waals surface area contributed by atoms with E-state index < -0.39 is 19.1 Å². The largest absolute Gasteiger partial charge is 0.461 e. The maximum Gasteiger partial charge on any atom is 0.461 e. The van der Waals surface area contributed by atoms with Crippen LogP contribution < -0.4 is 0 Å². The molecule has 1 aromatic carbocycles. The van der Waals surface area contributed by atoms with Gasteiger partial charge in [0.05, 0.1) is 4.92 Å². The SMILES string of the molecule is F[As-](F)(F)(F)(F)F.N#[N+]c1ccccc1[N+](=O)[O-]. The number of nitro benzene ring substituents is 1. The Morgan fingerprint density at radius 1 is 1.11 bits per heavy atom. The summed E-state index contributed by atoms with van der Waals surface area (Å²) in [5.41, 5.74) is -0.229. The van der Waals surface area contributed by atoms with Gasteiger partial charge in [0.15, 0.2) is 4.98 Å². The molecule has 1 rings (SSSR count). The number of benzene rings is 1. The minimum Gasteiger partial charge on any atom is -0.258 e. The number of hydrogen-bond acceptors (Lipinski definition) is 3. The van der Waals surface area contributed by atoms with Crippen molar-refractivity contribution in [3.05, 3.63) is 39.4 Å². The van der Waals surface area contributed by atoms with Crippen molar-refractivity contribution in [3.8, 4) is 0 Å². The molecule has 0 N–H and O–H groups in total. The first-order chi connectivity index (χ1) is 7.70. The summed E-state index contributed by atoms with van der Waals surface area (Å²) in [6, 6.07) is 5.70. The summed E-state index contributed by atoms with van der Waals surface area (Å²) < 4.78 is 59.4. The fourth-order valence-electron chi connectivity index (χ4n) is 0.703. The fourth-order valence-corrected chi connectivity index (χ4v) is 0.703. The van der Waals surface area contributed by atoms with E-state index in [-0.39, 0.29) is 11.4 Å². The Morgan fingerprint density at radius 2 is 1.50 bits per heavy atom. The third kappa shape index (κ3) is 10.7. The van der Waals surface area contributed by atoms with Gasteiger partial charge < -0.3 is 0 Å². The molecule has 0 fully saturated rings. The van der Waals surface area contributed by atoms with Gasteiger partial charge in [-0.25, -0.2) is 0 Å². The third-order valence-electron chi connectivity index (χ3n) is 1.19. The molecular formula is C6H4AsF6N3O2. The van der Waals surface area contributed by atoms with Crippen LogP contribution in [0.2, 0.25) is 0 Å². The molecule has 102 valence electrons. The predicted octanol–water partition coefficient (Wildman–Crippen LogP) is 4.22. The Labute approximate surface area is 96.6 Å². The van der Waals surface area contributed by atoms with Crippen LogP contribution in [-0.4, -0.2) is 19.1 Å². The molecule has 18 heavy (non-hydrogen) atoms. The van der Waals surface area contributed by atoms with Crippen LogP contribution in [0.25, 0.3) is 4.98 Å². The van der Waals surface area contributed by atoms with Crippen molar-refractivity contribution in [1.29, 1.82) is 5.39 Å². The smallest absolute Gasteiger partial charge is 0.258 e. The van der Waals surface area contributed by atoms with Crippen molar-refractivity contribution in [2.24, 2.45) is 0 Å². The molecule has 0 aliphatic rings. The average molecular weight is 339 g/mol. The number of hydrogen-bond donors (Lipinski definition) is 0. The molecule has 0 saturated carbocycles. The van der Waals surface area contributed by atoms with Gasteiger partial charge in [0, 0.05) is 12.1 Å². The van der Waals surface area contributed by atoms with E-state index >= 15 is 0 Å². The van der Waals surface area contributed by atoms with Gasteiger partial charge in [0.1, 0.15) is 0 Å². The molecule has 0 bridgehead atoms. The van der Waals surface area contributed by atoms with E-state index in [0.717, 1.165) is 0 Å². The van der Waals surface area contributed by atoms with Gasteiger partial charge in [-0.15, -0.1) is 0 Å². The second-order valence-corrected chi connectivity index (χ2v) is 6.83. The maximum absolute atomic E-state index is 11.1. The Kier molecular flexibility index (Phi) is 3.71. The number of para-hydroxylation sites is 1. The summed E-state index contributed by atoms with van der Waals surface area (Å²) in [5, 5.41) is 18.5. The molecule has 0 aliphatic carbocycles. The molecule has 0 spiro atoms. The van der Waals surface area contributed by atoms with Crippen molar-refractivity contribution in [3.63, 3.8) is 0 Å². The Hall–Kier alpha value is -1.82. The number of halogens is 6. The zero-order chi connectivity index (χ0) is 14.7. The van der Waals surface area contributed by atoms with Crippen LogP contribution in [-0.2, 0) is 0 Å². The van der Waals surface area contributed by atoms with Crippen molar-refractivity contribution in [2.45, 2.75) is 0 Å². The minimum absolute atomic E-state index is 0.0301. The van der Waals surface area contributed by atoms with Gasteiger partial charge >= 0.3 is 46.3 Å². The molecule has 0 aliphatic heterocycles. The Balaban J connectivity index is 0.000000360. The van der Waals surface area contributed by atoms with Crippen LogP contribution in [0, 0.1) is 15.5 Å². The van der Waals surface area contributed by atoms with E-state index in [1.54, 1.807) is 6.07 Å². The van der Waals surface area contributed by atoms with Crippen LogP contribution in [0.1, 0.15) is 0 Å². The first-order valence-corrected chi connectivity index (χ1v) is 8.11. The number of nitro groups is 1. The fraction of sp³-hybridized carbons (Fsp3) is 0. The van der Waals surface area contributed by atoms with Crippen molar-refractivity contribution in [2.75, 3.05) is 0 Å². The summed E-state index contributed by atoms with van der Waals surface area (Å²) >= 11 is -11.1. The van der Waals surface area contributed by atoms with E-state index in [2.05, 4.69) is 4.98 Å². The van der Waals surface area contributed by atoms with Crippen molar-refractivity contribution >= 4 is 25.5 Å². The molecular weight excluding hydrogens is 335 g/mol. The molecule has 12 heteroatoms. The van der Waals surface area contributed by atoms with Gasteiger partial charge in [0.2, 0.25) is 5.39 Å². The van der Waals surface area contributed by atoms with Gasteiger partial charge in [-0.05, 0) is 0 Å². The molecule has 5 nitrogen and oxygen atoms in total. The van der Waals surface area contributed by atoms with E-state index in [0.29, 0.717) is 0 Å². The monoisotopic (exact) mass is 339 g/mol. The summed E-state index contributed by atoms with van der Waals surface area (Å²) in [4.78, 5) is 12.4. The van der Waals surface area contributed by atoms with Gasteiger partial charge in [-0.3, -0.25) is 10.1 Å². The van der Waals surface area contributed by atoms with Gasteiger partial charge in [-0.2, -0.15) is 0 Å². The topological polar surface area (TPSA) is 71.3 Å². The van der Waals surface area contributed by atoms with Crippen LogP contribution >= 0.6 is 0 Å². The first-order valence-electron chi connectivity index (χ1n) is 3.85. The van der Waals surface area contributed by atoms with Crippen molar-refractivity contribution in [1.82, 2.24) is 0 Å². The zero-order valence-corrected chi connectivity index (χ0v) is 10.1. The zero-order valence-electron chi connectivity index (χ0n) is 8.18. The first kappa shape index (κ1) is 16.2. The van der Waals surface area contributed by atoms with Crippen LogP contribution in [0.15, 0.2) is 24.3 Å². The second-order valence-electron chi connectivity index (χ2n) is 2.80. The number of rotatable bonds is 1. The van der Waals surface area contributed by atoms with E-state index in [1.807, 2.05) is 0 Å². The summed E-state index contributed by atoms with van der Waals surface area (Å²) in [7, 11) is 0. The Bertz CT molecular complexity index is 496. The standard InChI is InChI=1S/C6H4N3O2.AsF6/c7-8-5-3-1-2-4-6(5)9(10)11;2-1(3,4,5,6)7/h1-4H;/q+1;-1. The Morgan fingerprint density at radius 3 is 1.78 bits per heavy atom.